The number of nitrogens with two attached hydrogens (primary N) is 1. The zero-order valence-corrected chi connectivity index (χ0v) is 13.4. The van der Waals surface area contributed by atoms with Gasteiger partial charge in [0.1, 0.15) is 0 Å². The highest BCUT2D eigenvalue weighted by atomic mass is 16.5. The molecule has 2 rings (SSSR count). The van der Waals surface area contributed by atoms with Gasteiger partial charge in [0.2, 0.25) is 5.91 Å². The van der Waals surface area contributed by atoms with E-state index in [0.717, 1.165) is 32.1 Å². The van der Waals surface area contributed by atoms with E-state index < -0.39 is 0 Å². The summed E-state index contributed by atoms with van der Waals surface area (Å²) in [6.07, 6.45) is 5.81. The van der Waals surface area contributed by atoms with Crippen LogP contribution in [-0.4, -0.2) is 53.4 Å². The summed E-state index contributed by atoms with van der Waals surface area (Å²) in [7, 11) is 0. The van der Waals surface area contributed by atoms with E-state index in [1.807, 2.05) is 18.7 Å². The lowest BCUT2D eigenvalue weighted by Crippen LogP contribution is -2.55. The van der Waals surface area contributed by atoms with Crippen molar-refractivity contribution in [1.29, 1.82) is 0 Å². The third-order valence-corrected chi connectivity index (χ3v) is 4.70. The van der Waals surface area contributed by atoms with Crippen molar-refractivity contribution in [2.45, 2.75) is 70.1 Å². The first kappa shape index (κ1) is 16.7. The molecular formula is C16H30N2O3. The van der Waals surface area contributed by atoms with Crippen molar-refractivity contribution in [3.05, 3.63) is 0 Å². The number of nitrogens with zero attached hydrogens (tertiary/aromatic N) is 1. The van der Waals surface area contributed by atoms with Crippen LogP contribution in [0.3, 0.4) is 0 Å². The molecule has 0 aromatic rings. The smallest absolute Gasteiger partial charge is 0.222 e. The van der Waals surface area contributed by atoms with Crippen LogP contribution >= 0.6 is 0 Å². The molecule has 21 heavy (non-hydrogen) atoms. The third kappa shape index (κ3) is 4.94. The molecule has 1 amide bonds. The molecule has 0 bridgehead atoms. The van der Waals surface area contributed by atoms with E-state index in [1.54, 1.807) is 0 Å². The molecule has 0 spiro atoms. The first-order valence-electron chi connectivity index (χ1n) is 8.21. The Bertz CT molecular complexity index is 351. The number of ether oxygens (including phenoxy) is 1. The standard InChI is InChI=1S/C16H30N2O3/c1-16(2)11-18(9-14(10-19)21-16)15(20)8-5-12-3-6-13(17)7-4-12/h12-14,19H,3-11,17H2,1-2H3. The van der Waals surface area contributed by atoms with Gasteiger partial charge in [-0.2, -0.15) is 0 Å². The first-order chi connectivity index (χ1) is 9.89. The van der Waals surface area contributed by atoms with Crippen LogP contribution in [0.1, 0.15) is 52.4 Å². The van der Waals surface area contributed by atoms with Crippen LogP contribution in [-0.2, 0) is 9.53 Å². The summed E-state index contributed by atoms with van der Waals surface area (Å²) in [5.74, 6) is 0.844. The second-order valence-corrected chi connectivity index (χ2v) is 7.28. The Hall–Kier alpha value is -0.650. The van der Waals surface area contributed by atoms with E-state index in [-0.39, 0.29) is 24.2 Å². The molecule has 0 radical (unpaired) electrons. The van der Waals surface area contributed by atoms with Gasteiger partial charge in [-0.3, -0.25) is 4.79 Å². The van der Waals surface area contributed by atoms with E-state index in [1.165, 1.54) is 0 Å². The van der Waals surface area contributed by atoms with E-state index >= 15 is 0 Å². The molecule has 1 heterocycles. The summed E-state index contributed by atoms with van der Waals surface area (Å²) in [6, 6.07) is 0.363. The predicted molar refractivity (Wildman–Crippen MR) is 81.8 cm³/mol. The number of amides is 1. The van der Waals surface area contributed by atoms with Crippen LogP contribution in [0.5, 0.6) is 0 Å². The van der Waals surface area contributed by atoms with Gasteiger partial charge in [-0.1, -0.05) is 0 Å². The molecule has 0 aromatic heterocycles. The molecule has 122 valence electrons. The second-order valence-electron chi connectivity index (χ2n) is 7.28. The summed E-state index contributed by atoms with van der Waals surface area (Å²) >= 11 is 0. The number of carbonyl (C=O) groups is 1. The van der Waals surface area contributed by atoms with Crippen molar-refractivity contribution >= 4 is 5.91 Å². The van der Waals surface area contributed by atoms with Crippen molar-refractivity contribution in [3.8, 4) is 0 Å². The monoisotopic (exact) mass is 298 g/mol. The summed E-state index contributed by atoms with van der Waals surface area (Å²) in [5.41, 5.74) is 5.54. The van der Waals surface area contributed by atoms with Gasteiger partial charge in [-0.15, -0.1) is 0 Å². The van der Waals surface area contributed by atoms with Crippen LogP contribution in [0.15, 0.2) is 0 Å². The molecule has 2 aliphatic rings. The molecule has 1 unspecified atom stereocenters. The van der Waals surface area contributed by atoms with Gasteiger partial charge < -0.3 is 20.5 Å². The topological polar surface area (TPSA) is 75.8 Å². The average molecular weight is 298 g/mol. The van der Waals surface area contributed by atoms with Gasteiger partial charge in [-0.25, -0.2) is 0 Å². The molecule has 1 aliphatic heterocycles. The Labute approximate surface area is 127 Å². The zero-order valence-electron chi connectivity index (χ0n) is 13.4. The average Bonchev–Trinajstić information content (AvgIpc) is 2.44. The largest absolute Gasteiger partial charge is 0.394 e. The van der Waals surface area contributed by atoms with Crippen molar-refractivity contribution in [1.82, 2.24) is 4.90 Å². The summed E-state index contributed by atoms with van der Waals surface area (Å²) < 4.78 is 5.75. The van der Waals surface area contributed by atoms with Crippen molar-refractivity contribution < 1.29 is 14.6 Å². The maximum atomic E-state index is 12.4. The lowest BCUT2D eigenvalue weighted by molar-refractivity contribution is -0.167. The molecule has 2 fully saturated rings. The number of hydrogen-bond donors (Lipinski definition) is 2. The van der Waals surface area contributed by atoms with Crippen molar-refractivity contribution in [2.75, 3.05) is 19.7 Å². The Balaban J connectivity index is 1.79. The van der Waals surface area contributed by atoms with E-state index in [9.17, 15) is 9.90 Å². The van der Waals surface area contributed by atoms with Crippen LogP contribution in [0.4, 0.5) is 0 Å². The van der Waals surface area contributed by atoms with Gasteiger partial charge in [0.25, 0.3) is 0 Å². The molecular weight excluding hydrogens is 268 g/mol. The lowest BCUT2D eigenvalue weighted by Gasteiger charge is -2.42. The highest BCUT2D eigenvalue weighted by Crippen LogP contribution is 2.28. The molecule has 1 saturated carbocycles. The van der Waals surface area contributed by atoms with Gasteiger partial charge in [-0.05, 0) is 51.9 Å². The number of carbonyl (C=O) groups excluding carboxylic acids is 1. The highest BCUT2D eigenvalue weighted by molar-refractivity contribution is 5.76. The van der Waals surface area contributed by atoms with Crippen LogP contribution in [0, 0.1) is 5.92 Å². The SMILES string of the molecule is CC1(C)CN(C(=O)CCC2CCC(N)CC2)CC(CO)O1. The second kappa shape index (κ2) is 7.07. The van der Waals surface area contributed by atoms with Gasteiger partial charge >= 0.3 is 0 Å². The summed E-state index contributed by atoms with van der Waals surface area (Å²) in [6.45, 7) is 5.02. The maximum absolute atomic E-state index is 12.4. The molecule has 5 heteroatoms. The minimum absolute atomic E-state index is 0.0340. The highest BCUT2D eigenvalue weighted by Gasteiger charge is 2.35. The van der Waals surface area contributed by atoms with Gasteiger partial charge in [0.05, 0.1) is 18.3 Å². The fourth-order valence-corrected chi connectivity index (χ4v) is 3.54. The van der Waals surface area contributed by atoms with Gasteiger partial charge in [0, 0.05) is 25.6 Å². The molecule has 1 atom stereocenters. The third-order valence-electron chi connectivity index (χ3n) is 4.70. The Morgan fingerprint density at radius 3 is 2.62 bits per heavy atom. The minimum Gasteiger partial charge on any atom is -0.394 e. The molecule has 1 aliphatic carbocycles. The summed E-state index contributed by atoms with van der Waals surface area (Å²) in [4.78, 5) is 14.3. The quantitative estimate of drug-likeness (QED) is 0.820. The number of hydrogen-bond acceptors (Lipinski definition) is 4. The van der Waals surface area contributed by atoms with Crippen molar-refractivity contribution in [2.24, 2.45) is 11.7 Å². The van der Waals surface area contributed by atoms with Crippen LogP contribution < -0.4 is 5.73 Å². The Morgan fingerprint density at radius 1 is 1.33 bits per heavy atom. The summed E-state index contributed by atoms with van der Waals surface area (Å²) in [5, 5.41) is 9.31. The van der Waals surface area contributed by atoms with Crippen molar-refractivity contribution in [3.63, 3.8) is 0 Å². The fourth-order valence-electron chi connectivity index (χ4n) is 3.54. The number of aliphatic hydroxyl groups excluding tert-OH is 1. The van der Waals surface area contributed by atoms with Crippen LogP contribution in [0.2, 0.25) is 0 Å². The number of aliphatic hydroxyl groups is 1. The maximum Gasteiger partial charge on any atom is 0.222 e. The van der Waals surface area contributed by atoms with E-state index in [2.05, 4.69) is 0 Å². The van der Waals surface area contributed by atoms with Gasteiger partial charge in [0.15, 0.2) is 0 Å². The molecule has 5 nitrogen and oxygen atoms in total. The predicted octanol–water partition coefficient (Wildman–Crippen LogP) is 1.28. The Kier molecular flexibility index (Phi) is 5.63. The van der Waals surface area contributed by atoms with E-state index in [0.29, 0.717) is 31.5 Å². The molecule has 0 aromatic carbocycles. The minimum atomic E-state index is -0.376. The lowest BCUT2D eigenvalue weighted by atomic mass is 9.83. The first-order valence-corrected chi connectivity index (χ1v) is 8.21. The zero-order chi connectivity index (χ0) is 15.5. The van der Waals surface area contributed by atoms with Crippen LogP contribution in [0.25, 0.3) is 0 Å². The normalized spacial score (nSPS) is 33.0. The Morgan fingerprint density at radius 2 is 2.00 bits per heavy atom. The number of rotatable bonds is 4. The molecule has 3 N–H and O–H groups in total. The molecule has 1 saturated heterocycles. The fraction of sp³-hybridized carbons (Fsp3) is 0.938. The number of morpholine rings is 1. The van der Waals surface area contributed by atoms with E-state index in [4.69, 9.17) is 10.5 Å².